The van der Waals surface area contributed by atoms with Crippen molar-refractivity contribution in [1.82, 2.24) is 14.8 Å². The molecule has 116 valence electrons. The average Bonchev–Trinajstić information content (AvgIpc) is 2.99. The Bertz CT molecular complexity index is 770. The van der Waals surface area contributed by atoms with Gasteiger partial charge in [0.1, 0.15) is 0 Å². The number of nitrogens with zero attached hydrogens (tertiary/aromatic N) is 4. The summed E-state index contributed by atoms with van der Waals surface area (Å²) in [7, 11) is 1.80. The molecule has 0 radical (unpaired) electrons. The Morgan fingerprint density at radius 3 is 2.74 bits per heavy atom. The lowest BCUT2D eigenvalue weighted by Crippen LogP contribution is -2.24. The number of aromatic nitrogens is 3. The van der Waals surface area contributed by atoms with Crippen LogP contribution in [0, 0.1) is 17.2 Å². The predicted octanol–water partition coefficient (Wildman–Crippen LogP) is 3.01. The van der Waals surface area contributed by atoms with E-state index in [-0.39, 0.29) is 11.7 Å². The Morgan fingerprint density at radius 2 is 2.09 bits per heavy atom. The first-order valence-corrected chi connectivity index (χ1v) is 7.75. The zero-order chi connectivity index (χ0) is 16.2. The highest BCUT2D eigenvalue weighted by Gasteiger charge is 2.32. The summed E-state index contributed by atoms with van der Waals surface area (Å²) in [4.78, 5) is 12.7. The van der Waals surface area contributed by atoms with Gasteiger partial charge < -0.3 is 4.57 Å². The number of carbonyl (C=O) groups is 1. The third-order valence-corrected chi connectivity index (χ3v) is 4.28. The first-order chi connectivity index (χ1) is 11.2. The molecule has 1 aliphatic carbocycles. The van der Waals surface area contributed by atoms with Gasteiger partial charge in [-0.3, -0.25) is 4.79 Å². The molecule has 0 saturated heterocycles. The van der Waals surface area contributed by atoms with Crippen LogP contribution in [-0.4, -0.2) is 20.5 Å². The van der Waals surface area contributed by atoms with Crippen molar-refractivity contribution in [2.75, 3.05) is 0 Å². The number of nitriles is 1. The molecule has 0 amide bonds. The van der Waals surface area contributed by atoms with Crippen molar-refractivity contribution in [1.29, 1.82) is 5.26 Å². The maximum Gasteiger partial charge on any atom is 0.165 e. The molecule has 3 rings (SSSR count). The lowest BCUT2D eigenvalue weighted by atomic mass is 9.84. The monoisotopic (exact) mass is 306 g/mol. The molecule has 1 aromatic heterocycles. The molecule has 2 atom stereocenters. The summed E-state index contributed by atoms with van der Waals surface area (Å²) in [6.07, 6.45) is 6.51. The summed E-state index contributed by atoms with van der Waals surface area (Å²) in [5, 5.41) is 17.8. The number of rotatable bonds is 4. The standard InChI is InChI=1S/C18H18N4O/c1-22-17(14-10-6-3-7-11-14)20-21-18(22)15(12-19)16(23)13-8-4-2-5-9-13/h2-4,6-7,10-11,13,15H,5,8-9H2,1H3. The minimum absolute atomic E-state index is 0.0491. The van der Waals surface area contributed by atoms with Gasteiger partial charge in [-0.15, -0.1) is 10.2 Å². The summed E-state index contributed by atoms with van der Waals surface area (Å²) < 4.78 is 1.75. The van der Waals surface area contributed by atoms with E-state index in [1.807, 2.05) is 36.4 Å². The van der Waals surface area contributed by atoms with Gasteiger partial charge in [-0.05, 0) is 19.3 Å². The number of hydrogen-bond acceptors (Lipinski definition) is 4. The molecule has 2 aromatic rings. The van der Waals surface area contributed by atoms with E-state index >= 15 is 0 Å². The van der Waals surface area contributed by atoms with Gasteiger partial charge in [-0.1, -0.05) is 42.5 Å². The molecule has 0 saturated carbocycles. The van der Waals surface area contributed by atoms with E-state index in [1.54, 1.807) is 11.6 Å². The van der Waals surface area contributed by atoms with Crippen LogP contribution in [0.1, 0.15) is 31.0 Å². The van der Waals surface area contributed by atoms with E-state index in [4.69, 9.17) is 0 Å². The molecule has 1 heterocycles. The van der Waals surface area contributed by atoms with Crippen LogP contribution in [0.4, 0.5) is 0 Å². The lowest BCUT2D eigenvalue weighted by Gasteiger charge is -2.18. The molecule has 0 bridgehead atoms. The smallest absolute Gasteiger partial charge is 0.165 e. The van der Waals surface area contributed by atoms with E-state index in [1.165, 1.54) is 0 Å². The van der Waals surface area contributed by atoms with Gasteiger partial charge in [0.05, 0.1) is 6.07 Å². The highest BCUT2D eigenvalue weighted by atomic mass is 16.1. The summed E-state index contributed by atoms with van der Waals surface area (Å²) in [6.45, 7) is 0. The van der Waals surface area contributed by atoms with Gasteiger partial charge in [0, 0.05) is 18.5 Å². The van der Waals surface area contributed by atoms with Crippen LogP contribution >= 0.6 is 0 Å². The van der Waals surface area contributed by atoms with Crippen molar-refractivity contribution in [2.45, 2.75) is 25.2 Å². The quantitative estimate of drug-likeness (QED) is 0.814. The van der Waals surface area contributed by atoms with E-state index in [2.05, 4.69) is 22.3 Å². The van der Waals surface area contributed by atoms with Gasteiger partial charge in [0.2, 0.25) is 0 Å². The van der Waals surface area contributed by atoms with Crippen LogP contribution in [0.15, 0.2) is 42.5 Å². The van der Waals surface area contributed by atoms with E-state index in [9.17, 15) is 10.1 Å². The Balaban J connectivity index is 1.91. The number of carbonyl (C=O) groups excluding carboxylic acids is 1. The second-order valence-corrected chi connectivity index (χ2v) is 5.75. The van der Waals surface area contributed by atoms with Crippen LogP contribution in [0.5, 0.6) is 0 Å². The normalized spacial score (nSPS) is 18.3. The average molecular weight is 306 g/mol. The number of hydrogen-bond donors (Lipinski definition) is 0. The Labute approximate surface area is 135 Å². The molecular formula is C18H18N4O. The molecular weight excluding hydrogens is 288 g/mol. The largest absolute Gasteiger partial charge is 0.313 e. The van der Waals surface area contributed by atoms with Gasteiger partial charge >= 0.3 is 0 Å². The molecule has 23 heavy (non-hydrogen) atoms. The SMILES string of the molecule is Cn1c(-c2ccccc2)nnc1C(C#N)C(=O)C1CC=CCC1. The molecule has 0 N–H and O–H groups in total. The van der Waals surface area contributed by atoms with Crippen LogP contribution in [0.3, 0.4) is 0 Å². The Hall–Kier alpha value is -2.74. The number of benzene rings is 1. The fourth-order valence-corrected chi connectivity index (χ4v) is 2.97. The molecule has 5 nitrogen and oxygen atoms in total. The maximum atomic E-state index is 12.7. The third kappa shape index (κ3) is 2.93. The molecule has 1 aromatic carbocycles. The first kappa shape index (κ1) is 15.2. The second kappa shape index (κ2) is 6.57. The minimum atomic E-state index is -0.860. The third-order valence-electron chi connectivity index (χ3n) is 4.28. The highest BCUT2D eigenvalue weighted by Crippen LogP contribution is 2.28. The zero-order valence-corrected chi connectivity index (χ0v) is 13.0. The molecule has 5 heteroatoms. The number of Topliss-reactive ketones (excluding diaryl/α,β-unsaturated/α-hetero) is 1. The number of ketones is 1. The van der Waals surface area contributed by atoms with E-state index < -0.39 is 5.92 Å². The van der Waals surface area contributed by atoms with Crippen LogP contribution < -0.4 is 0 Å². The lowest BCUT2D eigenvalue weighted by molar-refractivity contribution is -0.123. The van der Waals surface area contributed by atoms with Crippen LogP contribution in [0.25, 0.3) is 11.4 Å². The fraction of sp³-hybridized carbons (Fsp3) is 0.333. The van der Waals surface area contributed by atoms with Crippen LogP contribution in [0.2, 0.25) is 0 Å². The molecule has 2 unspecified atom stereocenters. The van der Waals surface area contributed by atoms with Gasteiger partial charge in [-0.2, -0.15) is 5.26 Å². The van der Waals surface area contributed by atoms with Gasteiger partial charge in [0.15, 0.2) is 23.3 Å². The molecule has 0 aliphatic heterocycles. The summed E-state index contributed by atoms with van der Waals surface area (Å²) >= 11 is 0. The van der Waals surface area contributed by atoms with E-state index in [0.717, 1.165) is 18.4 Å². The summed E-state index contributed by atoms with van der Waals surface area (Å²) in [6, 6.07) is 11.8. The molecule has 0 spiro atoms. The highest BCUT2D eigenvalue weighted by molar-refractivity contribution is 5.90. The Kier molecular flexibility index (Phi) is 4.33. The second-order valence-electron chi connectivity index (χ2n) is 5.75. The summed E-state index contributed by atoms with van der Waals surface area (Å²) in [5.41, 5.74) is 0.915. The zero-order valence-electron chi connectivity index (χ0n) is 13.0. The predicted molar refractivity (Wildman–Crippen MR) is 86.3 cm³/mol. The maximum absolute atomic E-state index is 12.7. The van der Waals surface area contributed by atoms with Crippen molar-refractivity contribution < 1.29 is 4.79 Å². The van der Waals surface area contributed by atoms with Crippen molar-refractivity contribution in [3.8, 4) is 17.5 Å². The van der Waals surface area contributed by atoms with Crippen molar-refractivity contribution in [3.05, 3.63) is 48.3 Å². The van der Waals surface area contributed by atoms with Crippen molar-refractivity contribution >= 4 is 5.78 Å². The van der Waals surface area contributed by atoms with Crippen molar-refractivity contribution in [3.63, 3.8) is 0 Å². The molecule has 1 aliphatic rings. The van der Waals surface area contributed by atoms with Gasteiger partial charge in [0.25, 0.3) is 0 Å². The topological polar surface area (TPSA) is 71.6 Å². The summed E-state index contributed by atoms with van der Waals surface area (Å²) in [5.74, 6) is 0.0815. The number of allylic oxidation sites excluding steroid dienone is 2. The van der Waals surface area contributed by atoms with Gasteiger partial charge in [-0.25, -0.2) is 0 Å². The first-order valence-electron chi connectivity index (χ1n) is 7.75. The molecule has 0 fully saturated rings. The fourth-order valence-electron chi connectivity index (χ4n) is 2.97. The van der Waals surface area contributed by atoms with Crippen LogP contribution in [-0.2, 0) is 11.8 Å². The van der Waals surface area contributed by atoms with Crippen molar-refractivity contribution in [2.24, 2.45) is 13.0 Å². The minimum Gasteiger partial charge on any atom is -0.313 e. The van der Waals surface area contributed by atoms with E-state index in [0.29, 0.717) is 18.1 Å². The Morgan fingerprint density at radius 1 is 1.30 bits per heavy atom.